The third kappa shape index (κ3) is 4.08. The Morgan fingerprint density at radius 3 is 2.37 bits per heavy atom. The van der Waals surface area contributed by atoms with E-state index < -0.39 is 0 Å². The monoisotopic (exact) mass is 374 g/mol. The second kappa shape index (κ2) is 7.99. The van der Waals surface area contributed by atoms with Gasteiger partial charge in [-0.25, -0.2) is 0 Å². The van der Waals surface area contributed by atoms with E-state index in [1.54, 1.807) is 0 Å². The summed E-state index contributed by atoms with van der Waals surface area (Å²) < 4.78 is 2.29. The average molecular weight is 375 g/mol. The van der Waals surface area contributed by atoms with Crippen molar-refractivity contribution in [2.45, 2.75) is 26.6 Å². The molecular formula is C24H23ClN2. The summed E-state index contributed by atoms with van der Waals surface area (Å²) in [5, 5.41) is 5.69. The minimum absolute atomic E-state index is 0.776. The maximum atomic E-state index is 6.37. The standard InChI is InChI=1S/C24H23ClN2/c1-18-10-12-19(13-11-18)14-26-15-21-17-27(24-9-5-3-7-22(21)24)16-20-6-2-4-8-23(20)25/h2-13,17,26H,14-16H2,1H3. The molecule has 0 radical (unpaired) electrons. The number of hydrogen-bond acceptors (Lipinski definition) is 1. The second-order valence-electron chi connectivity index (χ2n) is 6.98. The van der Waals surface area contributed by atoms with Crippen molar-refractivity contribution in [2.24, 2.45) is 0 Å². The molecule has 4 rings (SSSR count). The van der Waals surface area contributed by atoms with Crippen LogP contribution in [0.3, 0.4) is 0 Å². The van der Waals surface area contributed by atoms with Crippen molar-refractivity contribution in [3.05, 3.63) is 106 Å². The molecule has 3 aromatic carbocycles. The Kier molecular flexibility index (Phi) is 5.28. The molecule has 1 aromatic heterocycles. The van der Waals surface area contributed by atoms with Crippen molar-refractivity contribution in [3.8, 4) is 0 Å². The first-order valence-electron chi connectivity index (χ1n) is 9.27. The van der Waals surface area contributed by atoms with Gasteiger partial charge in [0.15, 0.2) is 0 Å². The van der Waals surface area contributed by atoms with Gasteiger partial charge in [-0.05, 0) is 35.7 Å². The van der Waals surface area contributed by atoms with Crippen LogP contribution in [-0.4, -0.2) is 4.57 Å². The van der Waals surface area contributed by atoms with Crippen LogP contribution in [-0.2, 0) is 19.6 Å². The maximum absolute atomic E-state index is 6.37. The zero-order valence-electron chi connectivity index (χ0n) is 15.5. The van der Waals surface area contributed by atoms with E-state index in [4.69, 9.17) is 11.6 Å². The summed E-state index contributed by atoms with van der Waals surface area (Å²) in [6, 6.07) is 25.3. The molecular weight excluding hydrogens is 352 g/mol. The van der Waals surface area contributed by atoms with E-state index in [2.05, 4.69) is 77.6 Å². The van der Waals surface area contributed by atoms with E-state index in [0.717, 1.165) is 30.2 Å². The number of rotatable bonds is 6. The lowest BCUT2D eigenvalue weighted by Gasteiger charge is -2.07. The number of para-hydroxylation sites is 1. The number of nitrogens with one attached hydrogen (secondary N) is 1. The molecule has 0 fully saturated rings. The van der Waals surface area contributed by atoms with E-state index in [1.807, 2.05) is 18.2 Å². The van der Waals surface area contributed by atoms with Gasteiger partial charge in [0.2, 0.25) is 0 Å². The second-order valence-corrected chi connectivity index (χ2v) is 7.39. The summed E-state index contributed by atoms with van der Waals surface area (Å²) >= 11 is 6.37. The van der Waals surface area contributed by atoms with Gasteiger partial charge < -0.3 is 9.88 Å². The molecule has 0 bridgehead atoms. The quantitative estimate of drug-likeness (QED) is 0.441. The SMILES string of the molecule is Cc1ccc(CNCc2cn(Cc3ccccc3Cl)c3ccccc23)cc1. The minimum atomic E-state index is 0.776. The molecule has 0 atom stereocenters. The van der Waals surface area contributed by atoms with Gasteiger partial charge in [-0.1, -0.05) is 77.8 Å². The van der Waals surface area contributed by atoms with Crippen molar-refractivity contribution in [3.63, 3.8) is 0 Å². The van der Waals surface area contributed by atoms with E-state index in [0.29, 0.717) is 0 Å². The predicted molar refractivity (Wildman–Crippen MR) is 114 cm³/mol. The highest BCUT2D eigenvalue weighted by Gasteiger charge is 2.09. The Labute approximate surface area is 165 Å². The van der Waals surface area contributed by atoms with Gasteiger partial charge in [0.05, 0.1) is 0 Å². The predicted octanol–water partition coefficient (Wildman–Crippen LogP) is 5.94. The van der Waals surface area contributed by atoms with Crippen LogP contribution in [0, 0.1) is 6.92 Å². The van der Waals surface area contributed by atoms with Crippen LogP contribution in [0.15, 0.2) is 79.0 Å². The van der Waals surface area contributed by atoms with Crippen LogP contribution in [0.25, 0.3) is 10.9 Å². The van der Waals surface area contributed by atoms with Crippen LogP contribution in [0.2, 0.25) is 5.02 Å². The van der Waals surface area contributed by atoms with E-state index in [9.17, 15) is 0 Å². The summed E-state index contributed by atoms with van der Waals surface area (Å²) in [7, 11) is 0. The number of nitrogens with zero attached hydrogens (tertiary/aromatic N) is 1. The molecule has 0 aliphatic rings. The van der Waals surface area contributed by atoms with Gasteiger partial charge in [0.25, 0.3) is 0 Å². The third-order valence-corrected chi connectivity index (χ3v) is 5.30. The van der Waals surface area contributed by atoms with Crippen LogP contribution in [0.4, 0.5) is 0 Å². The first kappa shape index (κ1) is 17.8. The molecule has 1 heterocycles. The first-order chi connectivity index (χ1) is 13.2. The fraction of sp³-hybridized carbons (Fsp3) is 0.167. The Morgan fingerprint density at radius 1 is 0.815 bits per heavy atom. The molecule has 0 unspecified atom stereocenters. The number of benzene rings is 3. The zero-order chi connectivity index (χ0) is 18.6. The Bertz CT molecular complexity index is 1050. The summed E-state index contributed by atoms with van der Waals surface area (Å²) in [6.07, 6.45) is 2.25. The molecule has 0 saturated heterocycles. The third-order valence-electron chi connectivity index (χ3n) is 4.93. The molecule has 0 spiro atoms. The number of aryl methyl sites for hydroxylation is 1. The molecule has 27 heavy (non-hydrogen) atoms. The van der Waals surface area contributed by atoms with E-state index in [-0.39, 0.29) is 0 Å². The highest BCUT2D eigenvalue weighted by molar-refractivity contribution is 6.31. The lowest BCUT2D eigenvalue weighted by atomic mass is 10.1. The number of fused-ring (bicyclic) bond motifs is 1. The van der Waals surface area contributed by atoms with Gasteiger partial charge in [-0.15, -0.1) is 0 Å². The molecule has 0 saturated carbocycles. The molecule has 0 aliphatic carbocycles. The molecule has 4 aromatic rings. The van der Waals surface area contributed by atoms with Gasteiger partial charge in [0, 0.05) is 41.8 Å². The van der Waals surface area contributed by atoms with Crippen LogP contribution in [0.1, 0.15) is 22.3 Å². The maximum Gasteiger partial charge on any atom is 0.0491 e. The molecule has 1 N–H and O–H groups in total. The lowest BCUT2D eigenvalue weighted by Crippen LogP contribution is -2.12. The Balaban J connectivity index is 1.54. The highest BCUT2D eigenvalue weighted by Crippen LogP contribution is 2.24. The number of hydrogen-bond donors (Lipinski definition) is 1. The molecule has 136 valence electrons. The van der Waals surface area contributed by atoms with Crippen LogP contribution >= 0.6 is 11.6 Å². The topological polar surface area (TPSA) is 17.0 Å². The van der Waals surface area contributed by atoms with Gasteiger partial charge in [0.1, 0.15) is 0 Å². The molecule has 0 aliphatic heterocycles. The zero-order valence-corrected chi connectivity index (χ0v) is 16.2. The summed E-state index contributed by atoms with van der Waals surface area (Å²) in [6.45, 7) is 4.59. The van der Waals surface area contributed by atoms with Crippen LogP contribution in [0.5, 0.6) is 0 Å². The number of aromatic nitrogens is 1. The Hall–Kier alpha value is -2.55. The summed E-state index contributed by atoms with van der Waals surface area (Å²) in [5.74, 6) is 0. The van der Waals surface area contributed by atoms with Crippen molar-refractivity contribution in [2.75, 3.05) is 0 Å². The minimum Gasteiger partial charge on any atom is -0.343 e. The Morgan fingerprint density at radius 2 is 1.56 bits per heavy atom. The van der Waals surface area contributed by atoms with Crippen molar-refractivity contribution in [1.82, 2.24) is 9.88 Å². The molecule has 0 amide bonds. The number of halogens is 1. The van der Waals surface area contributed by atoms with Gasteiger partial charge in [-0.2, -0.15) is 0 Å². The van der Waals surface area contributed by atoms with Crippen molar-refractivity contribution < 1.29 is 0 Å². The fourth-order valence-electron chi connectivity index (χ4n) is 3.45. The van der Waals surface area contributed by atoms with Crippen LogP contribution < -0.4 is 5.32 Å². The first-order valence-corrected chi connectivity index (χ1v) is 9.65. The smallest absolute Gasteiger partial charge is 0.0491 e. The highest BCUT2D eigenvalue weighted by atomic mass is 35.5. The summed E-state index contributed by atoms with van der Waals surface area (Å²) in [5.41, 5.74) is 6.29. The molecule has 3 heteroatoms. The van der Waals surface area contributed by atoms with Gasteiger partial charge >= 0.3 is 0 Å². The van der Waals surface area contributed by atoms with E-state index >= 15 is 0 Å². The van der Waals surface area contributed by atoms with E-state index in [1.165, 1.54) is 27.6 Å². The lowest BCUT2D eigenvalue weighted by molar-refractivity contribution is 0.692. The van der Waals surface area contributed by atoms with Gasteiger partial charge in [-0.3, -0.25) is 0 Å². The summed E-state index contributed by atoms with van der Waals surface area (Å²) in [4.78, 5) is 0. The fourth-order valence-corrected chi connectivity index (χ4v) is 3.65. The normalized spacial score (nSPS) is 11.2. The molecule has 2 nitrogen and oxygen atoms in total. The average Bonchev–Trinajstić information content (AvgIpc) is 3.03. The largest absolute Gasteiger partial charge is 0.343 e. The van der Waals surface area contributed by atoms with Crippen molar-refractivity contribution in [1.29, 1.82) is 0 Å². The van der Waals surface area contributed by atoms with Crippen molar-refractivity contribution >= 4 is 22.5 Å².